The van der Waals surface area contributed by atoms with Gasteiger partial charge < -0.3 is 8.94 Å². The van der Waals surface area contributed by atoms with Gasteiger partial charge >= 0.3 is 0 Å². The molecule has 3 rings (SSSR count). The predicted molar refractivity (Wildman–Crippen MR) is 71.9 cm³/mol. The Balaban J connectivity index is 1.85. The third-order valence-electron chi connectivity index (χ3n) is 2.36. The molecule has 0 aliphatic heterocycles. The highest BCUT2D eigenvalue weighted by atomic mass is 32.2. The first kappa shape index (κ1) is 12.9. The average molecular weight is 311 g/mol. The van der Waals surface area contributed by atoms with E-state index in [-0.39, 0.29) is 16.0 Å². The van der Waals surface area contributed by atoms with E-state index in [0.29, 0.717) is 5.76 Å². The van der Waals surface area contributed by atoms with Gasteiger partial charge in [0.15, 0.2) is 5.76 Å². The standard InChI is InChI=1S/C11H9N3O4S2/c1-7-4-5-9(19-7)20(15,16)14-11-12-10(18-13-11)8-3-2-6-17-8/h2-6H,1H3,(H,13,14). The van der Waals surface area contributed by atoms with Crippen molar-refractivity contribution in [2.45, 2.75) is 11.1 Å². The number of nitrogens with one attached hydrogen (secondary N) is 1. The van der Waals surface area contributed by atoms with Gasteiger partial charge in [-0.15, -0.1) is 11.3 Å². The molecule has 0 saturated carbocycles. The van der Waals surface area contributed by atoms with E-state index in [2.05, 4.69) is 14.9 Å². The fourth-order valence-electron chi connectivity index (χ4n) is 1.49. The molecule has 0 radical (unpaired) electrons. The number of aromatic nitrogens is 2. The van der Waals surface area contributed by atoms with Crippen LogP contribution in [-0.4, -0.2) is 18.6 Å². The van der Waals surface area contributed by atoms with Crippen molar-refractivity contribution in [2.24, 2.45) is 0 Å². The minimum atomic E-state index is -3.70. The molecule has 0 aromatic carbocycles. The third kappa shape index (κ3) is 2.45. The summed E-state index contributed by atoms with van der Waals surface area (Å²) in [6.07, 6.45) is 1.46. The number of anilines is 1. The van der Waals surface area contributed by atoms with Crippen LogP contribution in [0.1, 0.15) is 4.88 Å². The third-order valence-corrected chi connectivity index (χ3v) is 5.18. The molecule has 20 heavy (non-hydrogen) atoms. The fraction of sp³-hybridized carbons (Fsp3) is 0.0909. The Morgan fingerprint density at radius 2 is 2.15 bits per heavy atom. The molecule has 104 valence electrons. The predicted octanol–water partition coefficient (Wildman–Crippen LogP) is 2.50. The number of aryl methyl sites for hydroxylation is 1. The highest BCUT2D eigenvalue weighted by Gasteiger charge is 2.20. The molecule has 0 aliphatic carbocycles. The number of sulfonamides is 1. The van der Waals surface area contributed by atoms with E-state index in [4.69, 9.17) is 8.94 Å². The Morgan fingerprint density at radius 1 is 1.30 bits per heavy atom. The summed E-state index contributed by atoms with van der Waals surface area (Å²) >= 11 is 1.16. The van der Waals surface area contributed by atoms with E-state index in [9.17, 15) is 8.42 Å². The number of hydrogen-bond acceptors (Lipinski definition) is 7. The summed E-state index contributed by atoms with van der Waals surface area (Å²) in [5.74, 6) is 0.340. The maximum atomic E-state index is 12.1. The lowest BCUT2D eigenvalue weighted by molar-refractivity contribution is 0.417. The highest BCUT2D eigenvalue weighted by Crippen LogP contribution is 2.24. The highest BCUT2D eigenvalue weighted by molar-refractivity contribution is 7.94. The van der Waals surface area contributed by atoms with Gasteiger partial charge in [0.25, 0.3) is 21.9 Å². The first-order valence-electron chi connectivity index (χ1n) is 5.51. The number of nitrogens with zero attached hydrogens (tertiary/aromatic N) is 2. The molecule has 9 heteroatoms. The van der Waals surface area contributed by atoms with Crippen molar-refractivity contribution >= 4 is 27.3 Å². The van der Waals surface area contributed by atoms with E-state index in [1.54, 1.807) is 18.2 Å². The quantitative estimate of drug-likeness (QED) is 0.795. The molecule has 0 amide bonds. The average Bonchev–Trinajstić information content (AvgIpc) is 3.06. The molecule has 0 fully saturated rings. The topological polar surface area (TPSA) is 98.2 Å². The van der Waals surface area contributed by atoms with Gasteiger partial charge in [-0.1, -0.05) is 0 Å². The largest absolute Gasteiger partial charge is 0.459 e. The summed E-state index contributed by atoms with van der Waals surface area (Å²) in [4.78, 5) is 4.81. The first-order valence-corrected chi connectivity index (χ1v) is 7.81. The molecule has 3 aromatic rings. The van der Waals surface area contributed by atoms with Gasteiger partial charge in [-0.05, 0) is 36.3 Å². The zero-order valence-electron chi connectivity index (χ0n) is 10.2. The van der Waals surface area contributed by atoms with Crippen molar-refractivity contribution in [1.29, 1.82) is 0 Å². The number of furan rings is 1. The minimum Gasteiger partial charge on any atom is -0.459 e. The van der Waals surface area contributed by atoms with E-state index in [1.165, 1.54) is 12.3 Å². The Kier molecular flexibility index (Phi) is 3.07. The van der Waals surface area contributed by atoms with Crippen molar-refractivity contribution in [1.82, 2.24) is 10.1 Å². The normalized spacial score (nSPS) is 11.7. The fourth-order valence-corrected chi connectivity index (χ4v) is 3.71. The number of rotatable bonds is 4. The summed E-state index contributed by atoms with van der Waals surface area (Å²) in [6, 6.07) is 6.55. The molecule has 1 N–H and O–H groups in total. The van der Waals surface area contributed by atoms with Crippen LogP contribution >= 0.6 is 11.3 Å². The summed E-state index contributed by atoms with van der Waals surface area (Å²) in [5.41, 5.74) is 0. The van der Waals surface area contributed by atoms with Crippen molar-refractivity contribution in [3.05, 3.63) is 35.4 Å². The second-order valence-electron chi connectivity index (χ2n) is 3.87. The molecular formula is C11H9N3O4S2. The molecule has 0 atom stereocenters. The van der Waals surface area contributed by atoms with Crippen LogP contribution in [0.15, 0.2) is 43.7 Å². The molecule has 7 nitrogen and oxygen atoms in total. The van der Waals surface area contributed by atoms with Crippen LogP contribution < -0.4 is 4.72 Å². The molecule has 3 heterocycles. The number of hydrogen-bond donors (Lipinski definition) is 1. The van der Waals surface area contributed by atoms with Crippen LogP contribution in [0.2, 0.25) is 0 Å². The van der Waals surface area contributed by atoms with Gasteiger partial charge in [-0.2, -0.15) is 4.98 Å². The smallest absolute Gasteiger partial charge is 0.295 e. The summed E-state index contributed by atoms with van der Waals surface area (Å²) in [6.45, 7) is 1.83. The molecule has 0 unspecified atom stereocenters. The Labute approximate surface area is 118 Å². The van der Waals surface area contributed by atoms with Crippen LogP contribution in [0.4, 0.5) is 5.95 Å². The van der Waals surface area contributed by atoms with Crippen molar-refractivity contribution in [3.63, 3.8) is 0 Å². The van der Waals surface area contributed by atoms with Crippen LogP contribution in [0.25, 0.3) is 11.7 Å². The molecular weight excluding hydrogens is 302 g/mol. The van der Waals surface area contributed by atoms with Crippen LogP contribution in [0, 0.1) is 6.92 Å². The Bertz CT molecular complexity index is 818. The van der Waals surface area contributed by atoms with Crippen molar-refractivity contribution < 1.29 is 17.4 Å². The summed E-state index contributed by atoms with van der Waals surface area (Å²) in [7, 11) is -3.70. The van der Waals surface area contributed by atoms with Crippen LogP contribution in [0.5, 0.6) is 0 Å². The molecule has 0 bridgehead atoms. The SMILES string of the molecule is Cc1ccc(S(=O)(=O)Nc2noc(-c3ccco3)n2)s1. The lowest BCUT2D eigenvalue weighted by Crippen LogP contribution is -2.12. The zero-order valence-corrected chi connectivity index (χ0v) is 11.9. The van der Waals surface area contributed by atoms with Gasteiger partial charge in [-0.3, -0.25) is 0 Å². The molecule has 3 aromatic heterocycles. The molecule has 0 aliphatic rings. The van der Waals surface area contributed by atoms with Crippen LogP contribution in [-0.2, 0) is 10.0 Å². The van der Waals surface area contributed by atoms with Gasteiger partial charge in [0.05, 0.1) is 6.26 Å². The van der Waals surface area contributed by atoms with Gasteiger partial charge in [0.1, 0.15) is 4.21 Å². The Hall–Kier alpha value is -2.13. The lowest BCUT2D eigenvalue weighted by atomic mass is 10.4. The first-order chi connectivity index (χ1) is 9.54. The monoisotopic (exact) mass is 311 g/mol. The lowest BCUT2D eigenvalue weighted by Gasteiger charge is -1.99. The number of thiophene rings is 1. The van der Waals surface area contributed by atoms with E-state index >= 15 is 0 Å². The molecule has 0 spiro atoms. The van der Waals surface area contributed by atoms with Gasteiger partial charge in [0.2, 0.25) is 0 Å². The van der Waals surface area contributed by atoms with Crippen LogP contribution in [0.3, 0.4) is 0 Å². The van der Waals surface area contributed by atoms with E-state index in [0.717, 1.165) is 16.2 Å². The van der Waals surface area contributed by atoms with Crippen molar-refractivity contribution in [3.8, 4) is 11.7 Å². The second kappa shape index (κ2) is 4.76. The Morgan fingerprint density at radius 3 is 2.80 bits per heavy atom. The van der Waals surface area contributed by atoms with Gasteiger partial charge in [0, 0.05) is 4.88 Å². The second-order valence-corrected chi connectivity index (χ2v) is 7.07. The maximum Gasteiger partial charge on any atom is 0.295 e. The maximum absolute atomic E-state index is 12.1. The van der Waals surface area contributed by atoms with Crippen molar-refractivity contribution in [2.75, 3.05) is 4.72 Å². The summed E-state index contributed by atoms with van der Waals surface area (Å²) in [5, 5.41) is 3.56. The molecule has 0 saturated heterocycles. The zero-order chi connectivity index (χ0) is 14.2. The van der Waals surface area contributed by atoms with Gasteiger partial charge in [-0.25, -0.2) is 13.1 Å². The van der Waals surface area contributed by atoms with E-state index in [1.807, 2.05) is 6.92 Å². The summed E-state index contributed by atoms with van der Waals surface area (Å²) < 4.78 is 36.6. The van der Waals surface area contributed by atoms with E-state index < -0.39 is 10.0 Å². The minimum absolute atomic E-state index is 0.107.